The van der Waals surface area contributed by atoms with Gasteiger partial charge in [-0.2, -0.15) is 0 Å². The normalized spacial score (nSPS) is 12.2. The zero-order chi connectivity index (χ0) is 16.8. The van der Waals surface area contributed by atoms with Crippen LogP contribution in [0, 0.1) is 11.7 Å². The molecule has 0 fully saturated rings. The van der Waals surface area contributed by atoms with Gasteiger partial charge in [0.25, 0.3) is 0 Å². The summed E-state index contributed by atoms with van der Waals surface area (Å²) in [6, 6.07) is 10.1. The Bertz CT molecular complexity index is 628. The van der Waals surface area contributed by atoms with Crippen LogP contribution in [-0.4, -0.2) is 16.6 Å². The van der Waals surface area contributed by atoms with E-state index in [0.717, 1.165) is 18.7 Å². The van der Waals surface area contributed by atoms with Crippen LogP contribution in [0.25, 0.3) is 0 Å². The van der Waals surface area contributed by atoms with Crippen LogP contribution in [0.2, 0.25) is 0 Å². The average molecular weight is 334 g/mol. The lowest BCUT2D eigenvalue weighted by atomic mass is 10.1. The molecule has 2 aromatic rings. The molecule has 0 spiro atoms. The highest BCUT2D eigenvalue weighted by molar-refractivity contribution is 7.80. The van der Waals surface area contributed by atoms with Gasteiger partial charge in [-0.25, -0.2) is 4.39 Å². The van der Waals surface area contributed by atoms with Crippen molar-refractivity contribution in [3.63, 3.8) is 0 Å². The lowest BCUT2D eigenvalue weighted by Gasteiger charge is -2.31. The minimum atomic E-state index is -0.286. The Labute approximate surface area is 142 Å². The molecule has 0 saturated heterocycles. The van der Waals surface area contributed by atoms with Crippen LogP contribution >= 0.6 is 12.2 Å². The molecule has 124 valence electrons. The second-order valence-electron chi connectivity index (χ2n) is 6.01. The summed E-state index contributed by atoms with van der Waals surface area (Å²) in [5, 5.41) is 3.69. The molecule has 0 bridgehead atoms. The molecule has 2 rings (SSSR count). The van der Waals surface area contributed by atoms with Gasteiger partial charge in [-0.05, 0) is 61.8 Å². The smallest absolute Gasteiger partial charge is 0.174 e. The standard InChI is InChI=1S/C18H23FN2OS/c1-13(2)9-10-21(14(3)17-8-5-11-22-17)18(23)20-16-7-4-6-15(19)12-16/h4-8,11-14H,9-10H2,1-3H3,(H,20,23)/t14-/m1/s1. The van der Waals surface area contributed by atoms with E-state index in [9.17, 15) is 4.39 Å². The molecule has 0 unspecified atom stereocenters. The lowest BCUT2D eigenvalue weighted by molar-refractivity contribution is 0.281. The predicted octanol–water partition coefficient (Wildman–Crippen LogP) is 5.22. The van der Waals surface area contributed by atoms with Crippen LogP contribution < -0.4 is 5.32 Å². The second kappa shape index (κ2) is 8.11. The first-order valence-corrected chi connectivity index (χ1v) is 8.24. The maximum Gasteiger partial charge on any atom is 0.174 e. The Balaban J connectivity index is 2.13. The molecule has 1 aromatic heterocycles. The third-order valence-corrected chi connectivity index (χ3v) is 4.04. The minimum Gasteiger partial charge on any atom is -0.467 e. The molecule has 1 N–H and O–H groups in total. The number of anilines is 1. The first kappa shape index (κ1) is 17.5. The van der Waals surface area contributed by atoms with Crippen molar-refractivity contribution in [3.05, 3.63) is 54.2 Å². The number of nitrogens with zero attached hydrogens (tertiary/aromatic N) is 1. The summed E-state index contributed by atoms with van der Waals surface area (Å²) in [4.78, 5) is 2.08. The molecular weight excluding hydrogens is 311 g/mol. The van der Waals surface area contributed by atoms with Crippen LogP contribution in [0.3, 0.4) is 0 Å². The van der Waals surface area contributed by atoms with E-state index < -0.39 is 0 Å². The summed E-state index contributed by atoms with van der Waals surface area (Å²) in [6.07, 6.45) is 2.67. The fraction of sp³-hybridized carbons (Fsp3) is 0.389. The summed E-state index contributed by atoms with van der Waals surface area (Å²) in [7, 11) is 0. The van der Waals surface area contributed by atoms with Gasteiger partial charge in [0.15, 0.2) is 5.11 Å². The SMILES string of the molecule is CC(C)CCN(C(=S)Nc1cccc(F)c1)[C@H](C)c1ccco1. The predicted molar refractivity (Wildman–Crippen MR) is 95.9 cm³/mol. The molecular formula is C18H23FN2OS. The van der Waals surface area contributed by atoms with Gasteiger partial charge in [-0.1, -0.05) is 19.9 Å². The van der Waals surface area contributed by atoms with E-state index in [4.69, 9.17) is 16.6 Å². The van der Waals surface area contributed by atoms with Gasteiger partial charge >= 0.3 is 0 Å². The molecule has 0 aliphatic carbocycles. The van der Waals surface area contributed by atoms with Crippen molar-refractivity contribution in [3.8, 4) is 0 Å². The van der Waals surface area contributed by atoms with Crippen molar-refractivity contribution in [2.45, 2.75) is 33.2 Å². The Morgan fingerprint density at radius 3 is 2.65 bits per heavy atom. The molecule has 0 aliphatic rings. The maximum atomic E-state index is 13.3. The summed E-state index contributed by atoms with van der Waals surface area (Å²) >= 11 is 5.55. The monoisotopic (exact) mass is 334 g/mol. The summed E-state index contributed by atoms with van der Waals surface area (Å²) < 4.78 is 18.9. The van der Waals surface area contributed by atoms with E-state index >= 15 is 0 Å². The Hall–Kier alpha value is -1.88. The summed E-state index contributed by atoms with van der Waals surface area (Å²) in [5.41, 5.74) is 0.649. The topological polar surface area (TPSA) is 28.4 Å². The number of nitrogens with one attached hydrogen (secondary N) is 1. The van der Waals surface area contributed by atoms with Gasteiger partial charge in [0.2, 0.25) is 0 Å². The van der Waals surface area contributed by atoms with Crippen LogP contribution in [-0.2, 0) is 0 Å². The fourth-order valence-corrected chi connectivity index (χ4v) is 2.68. The van der Waals surface area contributed by atoms with Crippen molar-refractivity contribution in [1.82, 2.24) is 4.90 Å². The number of thiocarbonyl (C=S) groups is 1. The van der Waals surface area contributed by atoms with Crippen molar-refractivity contribution in [2.24, 2.45) is 5.92 Å². The first-order chi connectivity index (χ1) is 11.0. The zero-order valence-corrected chi connectivity index (χ0v) is 14.6. The fourth-order valence-electron chi connectivity index (χ4n) is 2.31. The van der Waals surface area contributed by atoms with Gasteiger partial charge in [-0.3, -0.25) is 0 Å². The van der Waals surface area contributed by atoms with Crippen molar-refractivity contribution in [2.75, 3.05) is 11.9 Å². The largest absolute Gasteiger partial charge is 0.467 e. The number of rotatable bonds is 6. The number of hydrogen-bond acceptors (Lipinski definition) is 2. The summed E-state index contributed by atoms with van der Waals surface area (Å²) in [6.45, 7) is 7.22. The molecule has 1 aromatic carbocycles. The number of furan rings is 1. The lowest BCUT2D eigenvalue weighted by Crippen LogP contribution is -2.38. The Morgan fingerprint density at radius 1 is 1.26 bits per heavy atom. The average Bonchev–Trinajstić information content (AvgIpc) is 3.01. The molecule has 23 heavy (non-hydrogen) atoms. The molecule has 0 saturated carbocycles. The number of benzene rings is 1. The van der Waals surface area contributed by atoms with E-state index in [0.29, 0.717) is 16.7 Å². The van der Waals surface area contributed by atoms with Gasteiger partial charge in [0, 0.05) is 12.2 Å². The van der Waals surface area contributed by atoms with Crippen molar-refractivity contribution in [1.29, 1.82) is 0 Å². The van der Waals surface area contributed by atoms with Gasteiger partial charge < -0.3 is 14.6 Å². The van der Waals surface area contributed by atoms with E-state index in [2.05, 4.69) is 31.0 Å². The van der Waals surface area contributed by atoms with Crippen LogP contribution in [0.5, 0.6) is 0 Å². The molecule has 0 aliphatic heterocycles. The first-order valence-electron chi connectivity index (χ1n) is 7.84. The highest BCUT2D eigenvalue weighted by Gasteiger charge is 2.21. The highest BCUT2D eigenvalue weighted by atomic mass is 32.1. The van der Waals surface area contributed by atoms with E-state index in [-0.39, 0.29) is 11.9 Å². The van der Waals surface area contributed by atoms with Gasteiger partial charge in [0.05, 0.1) is 12.3 Å². The number of halogens is 1. The van der Waals surface area contributed by atoms with Crippen molar-refractivity contribution >= 4 is 23.0 Å². The molecule has 0 amide bonds. The van der Waals surface area contributed by atoms with E-state index in [1.807, 2.05) is 12.1 Å². The van der Waals surface area contributed by atoms with Gasteiger partial charge in [-0.15, -0.1) is 0 Å². The van der Waals surface area contributed by atoms with Gasteiger partial charge in [0.1, 0.15) is 11.6 Å². The Morgan fingerprint density at radius 2 is 2.04 bits per heavy atom. The van der Waals surface area contributed by atoms with Crippen molar-refractivity contribution < 1.29 is 8.81 Å². The highest BCUT2D eigenvalue weighted by Crippen LogP contribution is 2.23. The zero-order valence-electron chi connectivity index (χ0n) is 13.8. The molecule has 3 nitrogen and oxygen atoms in total. The minimum absolute atomic E-state index is 0.0114. The molecule has 5 heteroatoms. The molecule has 1 heterocycles. The number of hydrogen-bond donors (Lipinski definition) is 1. The second-order valence-corrected chi connectivity index (χ2v) is 6.39. The van der Waals surface area contributed by atoms with Crippen LogP contribution in [0.1, 0.15) is 39.0 Å². The molecule has 0 radical (unpaired) electrons. The summed E-state index contributed by atoms with van der Waals surface area (Å²) in [5.74, 6) is 1.14. The van der Waals surface area contributed by atoms with Crippen LogP contribution in [0.4, 0.5) is 10.1 Å². The third kappa shape index (κ3) is 5.06. The molecule has 1 atom stereocenters. The van der Waals surface area contributed by atoms with E-state index in [1.165, 1.54) is 12.1 Å². The van der Waals surface area contributed by atoms with Crippen LogP contribution in [0.15, 0.2) is 47.1 Å². The quantitative estimate of drug-likeness (QED) is 0.733. The Kier molecular flexibility index (Phi) is 6.16. The maximum absolute atomic E-state index is 13.3. The van der Waals surface area contributed by atoms with E-state index in [1.54, 1.807) is 18.4 Å². The third-order valence-electron chi connectivity index (χ3n) is 3.71.